The Morgan fingerprint density at radius 2 is 2.16 bits per heavy atom. The predicted octanol–water partition coefficient (Wildman–Crippen LogP) is 4.03. The normalized spacial score (nSPS) is 15.2. The van der Waals surface area contributed by atoms with Gasteiger partial charge in [0.15, 0.2) is 5.78 Å². The second-order valence-corrected chi connectivity index (χ2v) is 6.15. The molecular formula is C16H22ClNO. The van der Waals surface area contributed by atoms with Crippen molar-refractivity contribution >= 4 is 17.4 Å². The van der Waals surface area contributed by atoms with Crippen molar-refractivity contribution in [2.75, 3.05) is 13.1 Å². The van der Waals surface area contributed by atoms with E-state index in [0.717, 1.165) is 24.6 Å². The summed E-state index contributed by atoms with van der Waals surface area (Å²) in [6.45, 7) is 6.39. The molecule has 19 heavy (non-hydrogen) atoms. The number of ketones is 1. The van der Waals surface area contributed by atoms with E-state index in [-0.39, 0.29) is 5.78 Å². The van der Waals surface area contributed by atoms with E-state index in [2.05, 4.69) is 18.7 Å². The van der Waals surface area contributed by atoms with Crippen molar-refractivity contribution in [1.82, 2.24) is 4.90 Å². The molecular weight excluding hydrogens is 258 g/mol. The van der Waals surface area contributed by atoms with E-state index in [4.69, 9.17) is 11.6 Å². The van der Waals surface area contributed by atoms with E-state index in [0.29, 0.717) is 17.5 Å². The molecule has 0 aromatic heterocycles. The molecule has 0 heterocycles. The molecule has 2 nitrogen and oxygen atoms in total. The molecule has 0 N–H and O–H groups in total. The number of hydrogen-bond donors (Lipinski definition) is 0. The summed E-state index contributed by atoms with van der Waals surface area (Å²) in [5.74, 6) is 1.05. The van der Waals surface area contributed by atoms with E-state index in [1.54, 1.807) is 12.1 Å². The van der Waals surface area contributed by atoms with Crippen LogP contribution in [0.4, 0.5) is 0 Å². The Morgan fingerprint density at radius 1 is 1.42 bits per heavy atom. The van der Waals surface area contributed by atoms with Crippen molar-refractivity contribution in [1.29, 1.82) is 0 Å². The van der Waals surface area contributed by atoms with Crippen molar-refractivity contribution in [3.8, 4) is 0 Å². The summed E-state index contributed by atoms with van der Waals surface area (Å²) >= 11 is 5.92. The van der Waals surface area contributed by atoms with Crippen molar-refractivity contribution in [3.63, 3.8) is 0 Å². The van der Waals surface area contributed by atoms with Crippen LogP contribution in [0.25, 0.3) is 0 Å². The molecule has 1 aromatic rings. The average molecular weight is 280 g/mol. The van der Waals surface area contributed by atoms with Crippen LogP contribution < -0.4 is 0 Å². The van der Waals surface area contributed by atoms with Crippen molar-refractivity contribution in [2.24, 2.45) is 5.92 Å². The van der Waals surface area contributed by atoms with Crippen LogP contribution in [0, 0.1) is 5.92 Å². The molecule has 0 bridgehead atoms. The van der Waals surface area contributed by atoms with Gasteiger partial charge in [-0.05, 0) is 44.7 Å². The van der Waals surface area contributed by atoms with Crippen molar-refractivity contribution in [2.45, 2.75) is 39.2 Å². The van der Waals surface area contributed by atoms with Crippen LogP contribution in [0.5, 0.6) is 0 Å². The molecule has 0 radical (unpaired) electrons. The zero-order valence-electron chi connectivity index (χ0n) is 11.7. The number of rotatable bonds is 7. The maximum atomic E-state index is 12.1. The average Bonchev–Trinajstić information content (AvgIpc) is 3.17. The predicted molar refractivity (Wildman–Crippen MR) is 79.8 cm³/mol. The van der Waals surface area contributed by atoms with Crippen LogP contribution in [0.2, 0.25) is 5.02 Å². The summed E-state index contributed by atoms with van der Waals surface area (Å²) < 4.78 is 0. The van der Waals surface area contributed by atoms with Gasteiger partial charge in [-0.15, -0.1) is 0 Å². The van der Waals surface area contributed by atoms with Crippen molar-refractivity contribution < 1.29 is 4.79 Å². The van der Waals surface area contributed by atoms with E-state index >= 15 is 0 Å². The summed E-state index contributed by atoms with van der Waals surface area (Å²) in [5.41, 5.74) is 0.725. The van der Waals surface area contributed by atoms with Gasteiger partial charge in [-0.25, -0.2) is 0 Å². The first-order chi connectivity index (χ1) is 9.06. The topological polar surface area (TPSA) is 20.3 Å². The molecule has 0 amide bonds. The summed E-state index contributed by atoms with van der Waals surface area (Å²) in [4.78, 5) is 14.6. The zero-order valence-corrected chi connectivity index (χ0v) is 12.5. The van der Waals surface area contributed by atoms with E-state index in [1.807, 2.05) is 12.1 Å². The first kappa shape index (κ1) is 14.5. The van der Waals surface area contributed by atoms with Gasteiger partial charge < -0.3 is 4.90 Å². The minimum atomic E-state index is 0.184. The monoisotopic (exact) mass is 279 g/mol. The minimum Gasteiger partial charge on any atom is -0.300 e. The summed E-state index contributed by atoms with van der Waals surface area (Å²) in [6.07, 6.45) is 3.28. The summed E-state index contributed by atoms with van der Waals surface area (Å²) in [5, 5.41) is 0.629. The van der Waals surface area contributed by atoms with Gasteiger partial charge in [-0.3, -0.25) is 4.79 Å². The largest absolute Gasteiger partial charge is 0.300 e. The van der Waals surface area contributed by atoms with Gasteiger partial charge in [0, 0.05) is 36.1 Å². The highest BCUT2D eigenvalue weighted by atomic mass is 35.5. The van der Waals surface area contributed by atoms with Crippen LogP contribution in [0.1, 0.15) is 43.5 Å². The number of carbonyl (C=O) groups is 1. The standard InChI is InChI=1S/C16H22ClNO/c1-12(2)18(11-13-6-7-13)9-8-16(19)14-4-3-5-15(17)10-14/h3-5,10,12-13H,6-9,11H2,1-2H3. The van der Waals surface area contributed by atoms with Gasteiger partial charge in [0.1, 0.15) is 0 Å². The molecule has 0 unspecified atom stereocenters. The molecule has 0 saturated heterocycles. The molecule has 104 valence electrons. The molecule has 1 aliphatic carbocycles. The number of halogens is 1. The molecule has 1 aliphatic rings. The van der Waals surface area contributed by atoms with Crippen LogP contribution in [0.15, 0.2) is 24.3 Å². The maximum Gasteiger partial charge on any atom is 0.164 e. The Morgan fingerprint density at radius 3 is 2.74 bits per heavy atom. The number of carbonyl (C=O) groups excluding carboxylic acids is 1. The fourth-order valence-electron chi connectivity index (χ4n) is 2.24. The van der Waals surface area contributed by atoms with Gasteiger partial charge in [0.2, 0.25) is 0 Å². The molecule has 1 aromatic carbocycles. The van der Waals surface area contributed by atoms with E-state index < -0.39 is 0 Å². The smallest absolute Gasteiger partial charge is 0.164 e. The third-order valence-corrected chi connectivity index (χ3v) is 3.93. The highest BCUT2D eigenvalue weighted by molar-refractivity contribution is 6.31. The second-order valence-electron chi connectivity index (χ2n) is 5.72. The summed E-state index contributed by atoms with van der Waals surface area (Å²) in [7, 11) is 0. The fourth-order valence-corrected chi connectivity index (χ4v) is 2.43. The van der Waals surface area contributed by atoms with Gasteiger partial charge in [-0.1, -0.05) is 23.7 Å². The Labute approximate surface area is 120 Å². The Kier molecular flexibility index (Phi) is 5.00. The van der Waals surface area contributed by atoms with E-state index in [9.17, 15) is 4.79 Å². The lowest BCUT2D eigenvalue weighted by Gasteiger charge is -2.26. The Bertz CT molecular complexity index is 440. The number of benzene rings is 1. The van der Waals surface area contributed by atoms with Crippen molar-refractivity contribution in [3.05, 3.63) is 34.9 Å². The SMILES string of the molecule is CC(C)N(CCC(=O)c1cccc(Cl)c1)CC1CC1. The fraction of sp³-hybridized carbons (Fsp3) is 0.562. The second kappa shape index (κ2) is 6.53. The lowest BCUT2D eigenvalue weighted by atomic mass is 10.1. The molecule has 3 heteroatoms. The van der Waals surface area contributed by atoms with Crippen LogP contribution in [-0.4, -0.2) is 29.8 Å². The third-order valence-electron chi connectivity index (χ3n) is 3.69. The van der Waals surface area contributed by atoms with Crippen LogP contribution in [-0.2, 0) is 0 Å². The minimum absolute atomic E-state index is 0.184. The Balaban J connectivity index is 1.87. The molecule has 2 rings (SSSR count). The van der Waals surface area contributed by atoms with Crippen LogP contribution >= 0.6 is 11.6 Å². The number of nitrogens with zero attached hydrogens (tertiary/aromatic N) is 1. The van der Waals surface area contributed by atoms with Crippen LogP contribution in [0.3, 0.4) is 0 Å². The molecule has 0 spiro atoms. The highest BCUT2D eigenvalue weighted by Crippen LogP contribution is 2.30. The van der Waals surface area contributed by atoms with E-state index in [1.165, 1.54) is 12.8 Å². The lowest BCUT2D eigenvalue weighted by molar-refractivity contribution is 0.0953. The Hall–Kier alpha value is -0.860. The third kappa shape index (κ3) is 4.63. The number of Topliss-reactive ketones (excluding diaryl/α,β-unsaturated/α-hetero) is 1. The lowest BCUT2D eigenvalue weighted by Crippen LogP contribution is -2.34. The number of hydrogen-bond acceptors (Lipinski definition) is 2. The highest BCUT2D eigenvalue weighted by Gasteiger charge is 2.25. The first-order valence-electron chi connectivity index (χ1n) is 7.09. The van der Waals surface area contributed by atoms with Gasteiger partial charge in [0.25, 0.3) is 0 Å². The van der Waals surface area contributed by atoms with Gasteiger partial charge in [0.05, 0.1) is 0 Å². The quantitative estimate of drug-likeness (QED) is 0.702. The summed E-state index contributed by atoms with van der Waals surface area (Å²) in [6, 6.07) is 7.73. The first-order valence-corrected chi connectivity index (χ1v) is 7.47. The maximum absolute atomic E-state index is 12.1. The molecule has 0 aliphatic heterocycles. The molecule has 1 saturated carbocycles. The molecule has 1 fully saturated rings. The molecule has 0 atom stereocenters. The van der Waals surface area contributed by atoms with Gasteiger partial charge in [-0.2, -0.15) is 0 Å². The van der Waals surface area contributed by atoms with Gasteiger partial charge >= 0.3 is 0 Å². The zero-order chi connectivity index (χ0) is 13.8.